The number of nitrogens with one attached hydrogen (secondary N) is 3. The normalized spacial score (nSPS) is 11.4. The summed E-state index contributed by atoms with van der Waals surface area (Å²) in [4.78, 5) is 4.23. The molecular formula is C11H15N5O2S. The summed E-state index contributed by atoms with van der Waals surface area (Å²) >= 11 is 0. The Labute approximate surface area is 111 Å². The summed E-state index contributed by atoms with van der Waals surface area (Å²) in [6.45, 7) is 2.61. The zero-order valence-electron chi connectivity index (χ0n) is 10.4. The van der Waals surface area contributed by atoms with Crippen molar-refractivity contribution in [2.24, 2.45) is 0 Å². The number of hydrogen-bond donors (Lipinski definition) is 3. The predicted octanol–water partition coefficient (Wildman–Crippen LogP) is 0.715. The molecule has 0 amide bonds. The summed E-state index contributed by atoms with van der Waals surface area (Å²) in [5, 5.41) is 9.58. The van der Waals surface area contributed by atoms with Crippen molar-refractivity contribution in [2.45, 2.75) is 18.4 Å². The van der Waals surface area contributed by atoms with Gasteiger partial charge in [-0.1, -0.05) is 6.92 Å². The number of aromatic nitrogens is 3. The Hall–Kier alpha value is -1.93. The first-order chi connectivity index (χ1) is 9.12. The SMILES string of the molecule is CCNS(=O)(=O)c1ccc(NCc2ncn[nH]2)cc1. The Bertz CT molecular complexity index is 607. The van der Waals surface area contributed by atoms with Gasteiger partial charge in [-0.25, -0.2) is 18.1 Å². The van der Waals surface area contributed by atoms with Gasteiger partial charge < -0.3 is 5.32 Å². The fourth-order valence-electron chi connectivity index (χ4n) is 1.53. The van der Waals surface area contributed by atoms with Gasteiger partial charge in [0.2, 0.25) is 10.0 Å². The van der Waals surface area contributed by atoms with Crippen LogP contribution in [0.5, 0.6) is 0 Å². The van der Waals surface area contributed by atoms with Gasteiger partial charge >= 0.3 is 0 Å². The molecule has 0 aliphatic rings. The lowest BCUT2D eigenvalue weighted by Gasteiger charge is -2.07. The lowest BCUT2D eigenvalue weighted by Crippen LogP contribution is -2.23. The molecule has 1 aromatic carbocycles. The van der Waals surface area contributed by atoms with E-state index in [0.717, 1.165) is 5.69 Å². The average Bonchev–Trinajstić information content (AvgIpc) is 2.90. The number of H-pyrrole nitrogens is 1. The van der Waals surface area contributed by atoms with Gasteiger partial charge in [-0.3, -0.25) is 5.10 Å². The Morgan fingerprint density at radius 1 is 1.26 bits per heavy atom. The molecule has 0 spiro atoms. The van der Waals surface area contributed by atoms with Crippen LogP contribution in [0.2, 0.25) is 0 Å². The highest BCUT2D eigenvalue weighted by atomic mass is 32.2. The summed E-state index contributed by atoms with van der Waals surface area (Å²) in [6.07, 6.45) is 1.43. The van der Waals surface area contributed by atoms with Crippen LogP contribution in [-0.2, 0) is 16.6 Å². The smallest absolute Gasteiger partial charge is 0.240 e. The fourth-order valence-corrected chi connectivity index (χ4v) is 2.57. The van der Waals surface area contributed by atoms with Crippen molar-refractivity contribution in [2.75, 3.05) is 11.9 Å². The van der Waals surface area contributed by atoms with Gasteiger partial charge in [0.1, 0.15) is 12.2 Å². The number of benzene rings is 1. The van der Waals surface area contributed by atoms with Crippen LogP contribution in [0, 0.1) is 0 Å². The van der Waals surface area contributed by atoms with Crippen molar-refractivity contribution in [1.82, 2.24) is 19.9 Å². The Balaban J connectivity index is 2.02. The van der Waals surface area contributed by atoms with E-state index in [9.17, 15) is 8.42 Å². The molecule has 0 radical (unpaired) electrons. The third-order valence-corrected chi connectivity index (χ3v) is 3.99. The van der Waals surface area contributed by atoms with E-state index in [1.54, 1.807) is 31.2 Å². The van der Waals surface area contributed by atoms with Gasteiger partial charge in [0.25, 0.3) is 0 Å². The fraction of sp³-hybridized carbons (Fsp3) is 0.273. The van der Waals surface area contributed by atoms with E-state index in [-0.39, 0.29) is 4.90 Å². The minimum Gasteiger partial charge on any atom is -0.378 e. The topological polar surface area (TPSA) is 99.8 Å². The lowest BCUT2D eigenvalue weighted by molar-refractivity contribution is 0.584. The molecule has 0 unspecified atom stereocenters. The van der Waals surface area contributed by atoms with Crippen molar-refractivity contribution in [3.63, 3.8) is 0 Å². The quantitative estimate of drug-likeness (QED) is 0.724. The number of sulfonamides is 1. The molecule has 1 heterocycles. The van der Waals surface area contributed by atoms with E-state index >= 15 is 0 Å². The minimum absolute atomic E-state index is 0.250. The van der Waals surface area contributed by atoms with Gasteiger partial charge in [-0.05, 0) is 24.3 Å². The molecule has 0 bridgehead atoms. The molecule has 7 nitrogen and oxygen atoms in total. The molecule has 0 aliphatic carbocycles. The molecule has 2 rings (SSSR count). The van der Waals surface area contributed by atoms with Crippen LogP contribution >= 0.6 is 0 Å². The molecule has 3 N–H and O–H groups in total. The molecule has 8 heteroatoms. The van der Waals surface area contributed by atoms with E-state index in [0.29, 0.717) is 18.9 Å². The monoisotopic (exact) mass is 281 g/mol. The van der Waals surface area contributed by atoms with Crippen LogP contribution in [0.25, 0.3) is 0 Å². The second-order valence-electron chi connectivity index (χ2n) is 3.81. The Kier molecular flexibility index (Phi) is 4.13. The first-order valence-electron chi connectivity index (χ1n) is 5.79. The van der Waals surface area contributed by atoms with E-state index in [4.69, 9.17) is 0 Å². The summed E-state index contributed by atoms with van der Waals surface area (Å²) in [6, 6.07) is 6.53. The highest BCUT2D eigenvalue weighted by molar-refractivity contribution is 7.89. The van der Waals surface area contributed by atoms with Crippen molar-refractivity contribution in [1.29, 1.82) is 0 Å². The van der Waals surface area contributed by atoms with Crippen LogP contribution in [0.3, 0.4) is 0 Å². The number of aromatic amines is 1. The number of rotatable bonds is 6. The van der Waals surface area contributed by atoms with Crippen molar-refractivity contribution in [3.8, 4) is 0 Å². The average molecular weight is 281 g/mol. The van der Waals surface area contributed by atoms with Crippen LogP contribution in [0.15, 0.2) is 35.5 Å². The summed E-state index contributed by atoms with van der Waals surface area (Å²) in [5.41, 5.74) is 0.812. The second kappa shape index (κ2) is 5.81. The maximum atomic E-state index is 11.7. The highest BCUT2D eigenvalue weighted by Gasteiger charge is 2.11. The zero-order chi connectivity index (χ0) is 13.7. The van der Waals surface area contributed by atoms with Gasteiger partial charge in [-0.15, -0.1) is 0 Å². The summed E-state index contributed by atoms with van der Waals surface area (Å²) < 4.78 is 25.9. The van der Waals surface area contributed by atoms with Crippen LogP contribution in [0.4, 0.5) is 5.69 Å². The van der Waals surface area contributed by atoms with E-state index in [1.807, 2.05) is 0 Å². The predicted molar refractivity (Wildman–Crippen MR) is 71.0 cm³/mol. The Morgan fingerprint density at radius 3 is 2.58 bits per heavy atom. The second-order valence-corrected chi connectivity index (χ2v) is 5.58. The van der Waals surface area contributed by atoms with E-state index < -0.39 is 10.0 Å². The first kappa shape index (κ1) is 13.5. The molecule has 102 valence electrons. The van der Waals surface area contributed by atoms with Crippen molar-refractivity contribution < 1.29 is 8.42 Å². The van der Waals surface area contributed by atoms with Crippen molar-refractivity contribution in [3.05, 3.63) is 36.4 Å². The molecule has 0 saturated carbocycles. The number of hydrogen-bond acceptors (Lipinski definition) is 5. The molecule has 0 atom stereocenters. The van der Waals surface area contributed by atoms with Crippen LogP contribution < -0.4 is 10.0 Å². The van der Waals surface area contributed by atoms with E-state index in [1.165, 1.54) is 6.33 Å². The molecule has 0 saturated heterocycles. The molecular weight excluding hydrogens is 266 g/mol. The maximum Gasteiger partial charge on any atom is 0.240 e. The maximum absolute atomic E-state index is 11.7. The number of nitrogens with zero attached hydrogens (tertiary/aromatic N) is 2. The molecule has 0 aliphatic heterocycles. The van der Waals surface area contributed by atoms with Gasteiger partial charge in [0.15, 0.2) is 0 Å². The summed E-state index contributed by atoms with van der Waals surface area (Å²) in [7, 11) is -3.39. The zero-order valence-corrected chi connectivity index (χ0v) is 11.2. The third-order valence-electron chi connectivity index (χ3n) is 2.42. The minimum atomic E-state index is -3.39. The van der Waals surface area contributed by atoms with Crippen LogP contribution in [-0.4, -0.2) is 30.1 Å². The lowest BCUT2D eigenvalue weighted by atomic mass is 10.3. The van der Waals surface area contributed by atoms with Gasteiger partial charge in [-0.2, -0.15) is 5.10 Å². The molecule has 0 fully saturated rings. The highest BCUT2D eigenvalue weighted by Crippen LogP contribution is 2.14. The standard InChI is InChI=1S/C11H15N5O2S/c1-2-15-19(17,18)10-5-3-9(4-6-10)12-7-11-13-8-14-16-11/h3-6,8,12,15H,2,7H2,1H3,(H,13,14,16). The van der Waals surface area contributed by atoms with Crippen LogP contribution in [0.1, 0.15) is 12.7 Å². The molecule has 2 aromatic rings. The van der Waals surface area contributed by atoms with E-state index in [2.05, 4.69) is 25.2 Å². The first-order valence-corrected chi connectivity index (χ1v) is 7.28. The Morgan fingerprint density at radius 2 is 2.00 bits per heavy atom. The molecule has 19 heavy (non-hydrogen) atoms. The molecule has 1 aromatic heterocycles. The van der Waals surface area contributed by atoms with Crippen molar-refractivity contribution >= 4 is 15.7 Å². The largest absolute Gasteiger partial charge is 0.378 e. The third kappa shape index (κ3) is 3.52. The van der Waals surface area contributed by atoms with Gasteiger partial charge in [0.05, 0.1) is 11.4 Å². The number of anilines is 1. The summed E-state index contributed by atoms with van der Waals surface area (Å²) in [5.74, 6) is 0.712. The van der Waals surface area contributed by atoms with Gasteiger partial charge in [0, 0.05) is 12.2 Å².